The van der Waals surface area contributed by atoms with Gasteiger partial charge in [-0.1, -0.05) is 0 Å². The molecule has 1 heterocycles. The van der Waals surface area contributed by atoms with Crippen molar-refractivity contribution >= 4 is 28.5 Å². The summed E-state index contributed by atoms with van der Waals surface area (Å²) < 4.78 is 0. The fourth-order valence-corrected chi connectivity index (χ4v) is 1.68. The Morgan fingerprint density at radius 3 is 2.88 bits per heavy atom. The normalized spacial score (nSPS) is 11.3. The zero-order valence-electron chi connectivity index (χ0n) is 9.06. The number of carbonyl (C=O) groups excluding carboxylic acids is 1. The van der Waals surface area contributed by atoms with Gasteiger partial charge < -0.3 is 10.4 Å². The van der Waals surface area contributed by atoms with Crippen molar-refractivity contribution in [2.24, 2.45) is 0 Å². The zero-order valence-corrected chi connectivity index (χ0v) is 9.87. The molecule has 0 saturated carbocycles. The van der Waals surface area contributed by atoms with E-state index in [1.165, 1.54) is 11.3 Å². The summed E-state index contributed by atoms with van der Waals surface area (Å²) in [6.45, 7) is 1.85. The number of thiazole rings is 1. The van der Waals surface area contributed by atoms with Gasteiger partial charge in [-0.3, -0.25) is 5.32 Å². The van der Waals surface area contributed by atoms with E-state index < -0.39 is 18.0 Å². The summed E-state index contributed by atoms with van der Waals surface area (Å²) >= 11 is 1.29. The summed E-state index contributed by atoms with van der Waals surface area (Å²) in [5.74, 6) is 1.01. The molecule has 1 atom stereocenters. The monoisotopic (exact) mass is 253 g/mol. The Balaban J connectivity index is 2.54. The van der Waals surface area contributed by atoms with E-state index in [0.29, 0.717) is 5.13 Å². The Hall–Kier alpha value is -2.07. The van der Waals surface area contributed by atoms with E-state index in [-0.39, 0.29) is 6.42 Å². The second-order valence-electron chi connectivity index (χ2n) is 3.17. The topological polar surface area (TPSA) is 91.3 Å². The van der Waals surface area contributed by atoms with Crippen LogP contribution in [0.4, 0.5) is 9.93 Å². The number of amides is 2. The first kappa shape index (κ1) is 13.0. The largest absolute Gasteiger partial charge is 0.480 e. The van der Waals surface area contributed by atoms with Crippen molar-refractivity contribution in [3.05, 3.63) is 11.1 Å². The molecule has 0 radical (unpaired) electrons. The number of carboxylic acid groups (broad SMARTS) is 1. The number of aromatic nitrogens is 1. The van der Waals surface area contributed by atoms with Crippen molar-refractivity contribution in [2.75, 3.05) is 5.32 Å². The molecule has 0 spiro atoms. The Bertz CT molecular complexity index is 464. The van der Waals surface area contributed by atoms with Crippen LogP contribution in [0, 0.1) is 19.3 Å². The predicted molar refractivity (Wildman–Crippen MR) is 63.9 cm³/mol. The van der Waals surface area contributed by atoms with Crippen LogP contribution in [-0.4, -0.2) is 28.1 Å². The zero-order chi connectivity index (χ0) is 12.8. The molecule has 1 aromatic heterocycles. The first-order chi connectivity index (χ1) is 8.02. The van der Waals surface area contributed by atoms with Gasteiger partial charge in [0.1, 0.15) is 6.04 Å². The maximum atomic E-state index is 11.4. The number of hydrogen-bond donors (Lipinski definition) is 3. The molecule has 0 bridgehead atoms. The highest BCUT2D eigenvalue weighted by atomic mass is 32.1. The standard InChI is InChI=1S/C10H11N3O3S/c1-3-4-7(8(14)15)12-9(16)13-10-11-5-6(2)17-10/h1,5,7H,4H2,2H3,(H,14,15)(H2,11,12,13,16). The van der Waals surface area contributed by atoms with Crippen molar-refractivity contribution in [3.63, 3.8) is 0 Å². The third kappa shape index (κ3) is 4.12. The van der Waals surface area contributed by atoms with Gasteiger partial charge in [-0.2, -0.15) is 0 Å². The number of carbonyl (C=O) groups is 2. The number of aliphatic carboxylic acids is 1. The molecule has 0 aliphatic rings. The Kier molecular flexibility index (Phi) is 4.48. The van der Waals surface area contributed by atoms with Crippen LogP contribution in [0.5, 0.6) is 0 Å². The lowest BCUT2D eigenvalue weighted by atomic mass is 10.2. The molecule has 0 aromatic carbocycles. The number of rotatable bonds is 4. The summed E-state index contributed by atoms with van der Waals surface area (Å²) in [6.07, 6.45) is 6.54. The highest BCUT2D eigenvalue weighted by molar-refractivity contribution is 7.15. The fourth-order valence-electron chi connectivity index (χ4n) is 1.02. The quantitative estimate of drug-likeness (QED) is 0.699. The Morgan fingerprint density at radius 1 is 1.71 bits per heavy atom. The van der Waals surface area contributed by atoms with E-state index in [9.17, 15) is 9.59 Å². The van der Waals surface area contributed by atoms with Gasteiger partial charge in [0, 0.05) is 17.5 Å². The number of carboxylic acids is 1. The van der Waals surface area contributed by atoms with Crippen LogP contribution >= 0.6 is 11.3 Å². The maximum Gasteiger partial charge on any atom is 0.327 e. The summed E-state index contributed by atoms with van der Waals surface area (Å²) in [6, 6.07) is -1.73. The third-order valence-corrected chi connectivity index (χ3v) is 2.60. The molecule has 6 nitrogen and oxygen atoms in total. The highest BCUT2D eigenvalue weighted by Gasteiger charge is 2.18. The third-order valence-electron chi connectivity index (χ3n) is 1.77. The molecule has 0 aliphatic heterocycles. The number of terminal acetylenes is 1. The van der Waals surface area contributed by atoms with Crippen LogP contribution in [0.15, 0.2) is 6.20 Å². The number of aryl methyl sites for hydroxylation is 1. The van der Waals surface area contributed by atoms with E-state index in [1.54, 1.807) is 6.20 Å². The Morgan fingerprint density at radius 2 is 2.41 bits per heavy atom. The molecule has 3 N–H and O–H groups in total. The summed E-state index contributed by atoms with van der Waals surface area (Å²) in [5, 5.41) is 13.9. The minimum absolute atomic E-state index is 0.0698. The van der Waals surface area contributed by atoms with Gasteiger partial charge in [0.25, 0.3) is 0 Å². The van der Waals surface area contributed by atoms with Crippen molar-refractivity contribution in [2.45, 2.75) is 19.4 Å². The average molecular weight is 253 g/mol. The fraction of sp³-hybridized carbons (Fsp3) is 0.300. The molecule has 90 valence electrons. The van der Waals surface area contributed by atoms with E-state index in [4.69, 9.17) is 11.5 Å². The van der Waals surface area contributed by atoms with Crippen LogP contribution in [0.25, 0.3) is 0 Å². The minimum Gasteiger partial charge on any atom is -0.480 e. The lowest BCUT2D eigenvalue weighted by molar-refractivity contribution is -0.139. The van der Waals surface area contributed by atoms with Gasteiger partial charge in [-0.15, -0.1) is 23.7 Å². The van der Waals surface area contributed by atoms with Gasteiger partial charge in [-0.25, -0.2) is 14.6 Å². The molecule has 0 aliphatic carbocycles. The van der Waals surface area contributed by atoms with Crippen LogP contribution in [-0.2, 0) is 4.79 Å². The van der Waals surface area contributed by atoms with Crippen molar-refractivity contribution in [3.8, 4) is 12.3 Å². The van der Waals surface area contributed by atoms with E-state index in [0.717, 1.165) is 4.88 Å². The summed E-state index contributed by atoms with van der Waals surface area (Å²) in [5.41, 5.74) is 0. The average Bonchev–Trinajstić information content (AvgIpc) is 2.63. The molecule has 17 heavy (non-hydrogen) atoms. The van der Waals surface area contributed by atoms with E-state index in [1.807, 2.05) is 6.92 Å². The molecule has 2 amide bonds. The van der Waals surface area contributed by atoms with Gasteiger partial charge in [0.05, 0.1) is 0 Å². The van der Waals surface area contributed by atoms with E-state index in [2.05, 4.69) is 21.5 Å². The summed E-state index contributed by atoms with van der Waals surface area (Å²) in [7, 11) is 0. The molecule has 1 aromatic rings. The van der Waals surface area contributed by atoms with Crippen LogP contribution in [0.2, 0.25) is 0 Å². The first-order valence-corrected chi connectivity index (χ1v) is 5.50. The molecular formula is C10H11N3O3S. The van der Waals surface area contributed by atoms with E-state index >= 15 is 0 Å². The molecular weight excluding hydrogens is 242 g/mol. The van der Waals surface area contributed by atoms with Crippen LogP contribution in [0.1, 0.15) is 11.3 Å². The van der Waals surface area contributed by atoms with Crippen LogP contribution in [0.3, 0.4) is 0 Å². The lowest BCUT2D eigenvalue weighted by Gasteiger charge is -2.11. The molecule has 1 unspecified atom stereocenters. The second-order valence-corrected chi connectivity index (χ2v) is 4.41. The van der Waals surface area contributed by atoms with Gasteiger partial charge in [0.15, 0.2) is 5.13 Å². The predicted octanol–water partition coefficient (Wildman–Crippen LogP) is 1.05. The number of hydrogen-bond acceptors (Lipinski definition) is 4. The minimum atomic E-state index is -1.17. The molecule has 0 saturated heterocycles. The number of urea groups is 1. The second kappa shape index (κ2) is 5.86. The van der Waals surface area contributed by atoms with Gasteiger partial charge in [-0.05, 0) is 6.92 Å². The van der Waals surface area contributed by atoms with Crippen molar-refractivity contribution in [1.82, 2.24) is 10.3 Å². The molecule has 1 rings (SSSR count). The first-order valence-electron chi connectivity index (χ1n) is 4.69. The lowest BCUT2D eigenvalue weighted by Crippen LogP contribution is -2.42. The maximum absolute atomic E-state index is 11.4. The molecule has 0 fully saturated rings. The van der Waals surface area contributed by atoms with Gasteiger partial charge in [0.2, 0.25) is 0 Å². The highest BCUT2D eigenvalue weighted by Crippen LogP contribution is 2.16. The van der Waals surface area contributed by atoms with Crippen molar-refractivity contribution in [1.29, 1.82) is 0 Å². The van der Waals surface area contributed by atoms with Crippen LogP contribution < -0.4 is 10.6 Å². The van der Waals surface area contributed by atoms with Crippen molar-refractivity contribution < 1.29 is 14.7 Å². The molecule has 7 heteroatoms. The SMILES string of the molecule is C#CCC(NC(=O)Nc1ncc(C)s1)C(=O)O. The number of nitrogens with one attached hydrogen (secondary N) is 2. The Labute approximate surface area is 102 Å². The number of nitrogens with zero attached hydrogens (tertiary/aromatic N) is 1. The number of anilines is 1. The smallest absolute Gasteiger partial charge is 0.327 e. The van der Waals surface area contributed by atoms with Gasteiger partial charge >= 0.3 is 12.0 Å². The summed E-state index contributed by atoms with van der Waals surface area (Å²) in [4.78, 5) is 27.0.